The van der Waals surface area contributed by atoms with E-state index < -0.39 is 0 Å². The molecule has 110 valence electrons. The Hall–Kier alpha value is -0.540. The molecule has 0 amide bonds. The molecule has 1 saturated carbocycles. The average molecular weight is 309 g/mol. The maximum atomic E-state index is 6.20. The lowest BCUT2D eigenvalue weighted by atomic mass is 9.98. The second kappa shape index (κ2) is 8.68. The summed E-state index contributed by atoms with van der Waals surface area (Å²) in [4.78, 5) is 1.26. The molecule has 1 aromatic rings. The van der Waals surface area contributed by atoms with Crippen LogP contribution in [0.1, 0.15) is 50.5 Å². The molecule has 2 rings (SSSR count). The van der Waals surface area contributed by atoms with E-state index in [1.54, 1.807) is 21.6 Å². The molecule has 3 heteroatoms. The molecule has 0 bridgehead atoms. The van der Waals surface area contributed by atoms with Gasteiger partial charge in [0.05, 0.1) is 6.10 Å². The van der Waals surface area contributed by atoms with Gasteiger partial charge in [-0.2, -0.15) is 0 Å². The zero-order valence-corrected chi connectivity index (χ0v) is 13.9. The standard InChI is InChI=1S/C17H24OS2/c1-3-14-13-16(11-12-17(14)20-19-2)18-15-9-7-5-4-6-8-10-15/h3,11-13,15H,1,4-10H2,2H3. The van der Waals surface area contributed by atoms with Crippen molar-refractivity contribution in [2.45, 2.75) is 55.9 Å². The highest BCUT2D eigenvalue weighted by molar-refractivity contribution is 8.76. The van der Waals surface area contributed by atoms with Crippen LogP contribution in [0.4, 0.5) is 0 Å². The smallest absolute Gasteiger partial charge is 0.120 e. The lowest BCUT2D eigenvalue weighted by molar-refractivity contribution is 0.166. The van der Waals surface area contributed by atoms with Gasteiger partial charge in [0.25, 0.3) is 0 Å². The van der Waals surface area contributed by atoms with Crippen molar-refractivity contribution >= 4 is 27.7 Å². The first-order chi connectivity index (χ1) is 9.83. The van der Waals surface area contributed by atoms with Gasteiger partial charge in [-0.25, -0.2) is 0 Å². The molecule has 0 aliphatic heterocycles. The van der Waals surface area contributed by atoms with Crippen LogP contribution in [0.3, 0.4) is 0 Å². The minimum absolute atomic E-state index is 0.395. The molecule has 1 nitrogen and oxygen atoms in total. The lowest BCUT2D eigenvalue weighted by Gasteiger charge is -2.21. The first-order valence-corrected chi connectivity index (χ1v) is 10.0. The topological polar surface area (TPSA) is 9.23 Å². The molecule has 0 spiro atoms. The van der Waals surface area contributed by atoms with Crippen LogP contribution in [0, 0.1) is 0 Å². The predicted octanol–water partition coefficient (Wildman–Crippen LogP) is 6.19. The molecule has 20 heavy (non-hydrogen) atoms. The van der Waals surface area contributed by atoms with Crippen molar-refractivity contribution in [2.24, 2.45) is 0 Å². The van der Waals surface area contributed by atoms with E-state index in [9.17, 15) is 0 Å². The van der Waals surface area contributed by atoms with Gasteiger partial charge in [-0.1, -0.05) is 53.5 Å². The molecule has 1 aliphatic rings. The summed E-state index contributed by atoms with van der Waals surface area (Å²) in [5.74, 6) is 0.996. The third-order valence-electron chi connectivity index (χ3n) is 3.73. The Morgan fingerprint density at radius 3 is 2.50 bits per heavy atom. The van der Waals surface area contributed by atoms with Gasteiger partial charge in [0.1, 0.15) is 5.75 Å². The maximum Gasteiger partial charge on any atom is 0.120 e. The van der Waals surface area contributed by atoms with E-state index in [-0.39, 0.29) is 0 Å². The second-order valence-corrected chi connectivity index (χ2v) is 7.68. The molecule has 1 aromatic carbocycles. The summed E-state index contributed by atoms with van der Waals surface area (Å²) in [5, 5.41) is 0. The normalized spacial score (nSPS) is 17.2. The van der Waals surface area contributed by atoms with Gasteiger partial charge >= 0.3 is 0 Å². The van der Waals surface area contributed by atoms with Crippen molar-refractivity contribution in [3.8, 4) is 5.75 Å². The predicted molar refractivity (Wildman–Crippen MR) is 92.6 cm³/mol. The third-order valence-corrected chi connectivity index (χ3v) is 5.49. The minimum atomic E-state index is 0.395. The van der Waals surface area contributed by atoms with Crippen LogP contribution in [0.5, 0.6) is 5.75 Å². The van der Waals surface area contributed by atoms with Crippen molar-refractivity contribution in [1.82, 2.24) is 0 Å². The summed E-state index contributed by atoms with van der Waals surface area (Å²) in [6, 6.07) is 6.38. The maximum absolute atomic E-state index is 6.20. The van der Waals surface area contributed by atoms with E-state index in [0.717, 1.165) is 5.75 Å². The second-order valence-electron chi connectivity index (χ2n) is 5.24. The number of hydrogen-bond acceptors (Lipinski definition) is 3. The van der Waals surface area contributed by atoms with Crippen LogP contribution in [0.2, 0.25) is 0 Å². The van der Waals surface area contributed by atoms with Crippen LogP contribution >= 0.6 is 21.6 Å². The first-order valence-electron chi connectivity index (χ1n) is 7.47. The largest absolute Gasteiger partial charge is 0.490 e. The van der Waals surface area contributed by atoms with E-state index in [2.05, 4.69) is 31.0 Å². The zero-order chi connectivity index (χ0) is 14.2. The Labute approximate surface area is 131 Å². The molecular weight excluding hydrogens is 284 g/mol. The fourth-order valence-corrected chi connectivity index (χ4v) is 4.19. The lowest BCUT2D eigenvalue weighted by Crippen LogP contribution is -2.17. The van der Waals surface area contributed by atoms with Gasteiger partial charge in [-0.05, 0) is 55.7 Å². The Morgan fingerprint density at radius 2 is 1.85 bits per heavy atom. The number of rotatable bonds is 5. The number of benzene rings is 1. The van der Waals surface area contributed by atoms with Crippen LogP contribution in [-0.2, 0) is 0 Å². The first kappa shape index (κ1) is 15.8. The fourth-order valence-electron chi connectivity index (χ4n) is 2.65. The Morgan fingerprint density at radius 1 is 1.15 bits per heavy atom. The number of ether oxygens (including phenoxy) is 1. The van der Waals surface area contributed by atoms with E-state index >= 15 is 0 Å². The summed E-state index contributed by atoms with van der Waals surface area (Å²) >= 11 is 0. The molecule has 0 atom stereocenters. The highest BCUT2D eigenvalue weighted by Crippen LogP contribution is 2.34. The van der Waals surface area contributed by atoms with E-state index in [1.165, 1.54) is 55.4 Å². The number of hydrogen-bond donors (Lipinski definition) is 0. The highest BCUT2D eigenvalue weighted by atomic mass is 33.1. The Kier molecular flexibility index (Phi) is 6.88. The van der Waals surface area contributed by atoms with Crippen molar-refractivity contribution < 1.29 is 4.74 Å². The van der Waals surface area contributed by atoms with E-state index in [4.69, 9.17) is 4.74 Å². The van der Waals surface area contributed by atoms with Crippen LogP contribution in [0.25, 0.3) is 6.08 Å². The van der Waals surface area contributed by atoms with Crippen LogP contribution < -0.4 is 4.74 Å². The molecular formula is C17H24OS2. The van der Waals surface area contributed by atoms with Gasteiger partial charge < -0.3 is 4.74 Å². The van der Waals surface area contributed by atoms with E-state index in [0.29, 0.717) is 6.10 Å². The van der Waals surface area contributed by atoms with Gasteiger partial charge in [0.2, 0.25) is 0 Å². The van der Waals surface area contributed by atoms with Crippen molar-refractivity contribution in [1.29, 1.82) is 0 Å². The molecule has 0 aromatic heterocycles. The van der Waals surface area contributed by atoms with E-state index in [1.807, 2.05) is 6.08 Å². The summed E-state index contributed by atoms with van der Waals surface area (Å²) in [5.41, 5.74) is 1.17. The van der Waals surface area contributed by atoms with Crippen molar-refractivity contribution in [3.63, 3.8) is 0 Å². The third kappa shape index (κ3) is 4.78. The molecule has 0 unspecified atom stereocenters. The molecule has 0 saturated heterocycles. The Bertz CT molecular complexity index is 423. The summed E-state index contributed by atoms with van der Waals surface area (Å²) < 4.78 is 6.20. The summed E-state index contributed by atoms with van der Waals surface area (Å²) in [6.45, 7) is 3.91. The highest BCUT2D eigenvalue weighted by Gasteiger charge is 2.13. The molecule has 0 N–H and O–H groups in total. The summed E-state index contributed by atoms with van der Waals surface area (Å²) in [7, 11) is 3.54. The molecule has 1 fully saturated rings. The van der Waals surface area contributed by atoms with Crippen LogP contribution in [-0.4, -0.2) is 12.4 Å². The van der Waals surface area contributed by atoms with Crippen molar-refractivity contribution in [3.05, 3.63) is 30.3 Å². The fraction of sp³-hybridized carbons (Fsp3) is 0.529. The van der Waals surface area contributed by atoms with Gasteiger partial charge in [-0.15, -0.1) is 0 Å². The average Bonchev–Trinajstić information content (AvgIpc) is 2.43. The SMILES string of the molecule is C=Cc1cc(OC2CCCCCCC2)ccc1SSC. The minimum Gasteiger partial charge on any atom is -0.490 e. The molecule has 0 radical (unpaired) electrons. The monoisotopic (exact) mass is 308 g/mol. The van der Waals surface area contributed by atoms with Crippen molar-refractivity contribution in [2.75, 3.05) is 6.26 Å². The van der Waals surface area contributed by atoms with Gasteiger partial charge in [0, 0.05) is 4.90 Å². The summed E-state index contributed by atoms with van der Waals surface area (Å²) in [6.07, 6.45) is 13.5. The van der Waals surface area contributed by atoms with Crippen LogP contribution in [0.15, 0.2) is 29.7 Å². The quantitative estimate of drug-likeness (QED) is 0.600. The van der Waals surface area contributed by atoms with Gasteiger partial charge in [-0.3, -0.25) is 0 Å². The Balaban J connectivity index is 2.02. The van der Waals surface area contributed by atoms with Gasteiger partial charge in [0.15, 0.2) is 0 Å². The molecule has 0 heterocycles. The molecule has 1 aliphatic carbocycles. The zero-order valence-electron chi connectivity index (χ0n) is 12.3.